The summed E-state index contributed by atoms with van der Waals surface area (Å²) in [6.45, 7) is 3.27. The smallest absolute Gasteiger partial charge is 0.336 e. The second-order valence-corrected chi connectivity index (χ2v) is 6.65. The van der Waals surface area contributed by atoms with Crippen LogP contribution in [0.3, 0.4) is 0 Å². The van der Waals surface area contributed by atoms with Gasteiger partial charge < -0.3 is 18.8 Å². The standard InChI is InChI=1S/C20H25NO5/c1-3-14-10-20(23)26-18-11-15(7-8-17(14)18)25-13-19(22)21(2)12-16-6-4-5-9-24-16/h7-8,10-11,16H,3-6,9,12-13H2,1-2H3. The van der Waals surface area contributed by atoms with Gasteiger partial charge in [-0.15, -0.1) is 0 Å². The lowest BCUT2D eigenvalue weighted by atomic mass is 10.1. The second kappa shape index (κ2) is 8.36. The average Bonchev–Trinajstić information content (AvgIpc) is 2.65. The number of fused-ring (bicyclic) bond motifs is 1. The van der Waals surface area contributed by atoms with E-state index in [1.807, 2.05) is 13.0 Å². The quantitative estimate of drug-likeness (QED) is 0.742. The van der Waals surface area contributed by atoms with Crippen molar-refractivity contribution < 1.29 is 18.7 Å². The summed E-state index contributed by atoms with van der Waals surface area (Å²) in [4.78, 5) is 25.6. The first-order chi connectivity index (χ1) is 12.6. The molecule has 6 nitrogen and oxygen atoms in total. The fourth-order valence-corrected chi connectivity index (χ4v) is 3.21. The van der Waals surface area contributed by atoms with Gasteiger partial charge in [-0.3, -0.25) is 4.79 Å². The fraction of sp³-hybridized carbons (Fsp3) is 0.500. The van der Waals surface area contributed by atoms with E-state index in [0.29, 0.717) is 17.9 Å². The number of likely N-dealkylation sites (N-methyl/N-ethyl adjacent to an activating group) is 1. The fourth-order valence-electron chi connectivity index (χ4n) is 3.21. The molecular weight excluding hydrogens is 334 g/mol. The second-order valence-electron chi connectivity index (χ2n) is 6.65. The number of carbonyl (C=O) groups excluding carboxylic acids is 1. The Kier molecular flexibility index (Phi) is 5.93. The van der Waals surface area contributed by atoms with E-state index in [0.717, 1.165) is 43.2 Å². The van der Waals surface area contributed by atoms with Crippen LogP contribution in [0.4, 0.5) is 0 Å². The predicted molar refractivity (Wildman–Crippen MR) is 98.6 cm³/mol. The highest BCUT2D eigenvalue weighted by Crippen LogP contribution is 2.23. The largest absolute Gasteiger partial charge is 0.484 e. The summed E-state index contributed by atoms with van der Waals surface area (Å²) in [6, 6.07) is 6.82. The molecular formula is C20H25NO5. The number of nitrogens with zero attached hydrogens (tertiary/aromatic N) is 1. The molecule has 3 rings (SSSR count). The molecule has 2 heterocycles. The van der Waals surface area contributed by atoms with Crippen molar-refractivity contribution in [1.82, 2.24) is 4.90 Å². The van der Waals surface area contributed by atoms with E-state index in [2.05, 4.69) is 0 Å². The number of aryl methyl sites for hydroxylation is 1. The van der Waals surface area contributed by atoms with Gasteiger partial charge in [0.25, 0.3) is 5.91 Å². The van der Waals surface area contributed by atoms with Gasteiger partial charge in [-0.1, -0.05) is 6.92 Å². The summed E-state index contributed by atoms with van der Waals surface area (Å²) >= 11 is 0. The Balaban J connectivity index is 1.61. The molecule has 1 fully saturated rings. The Morgan fingerprint density at radius 2 is 2.15 bits per heavy atom. The molecule has 0 aliphatic carbocycles. The maximum atomic E-state index is 12.3. The monoisotopic (exact) mass is 359 g/mol. The number of hydrogen-bond acceptors (Lipinski definition) is 5. The third kappa shape index (κ3) is 4.43. The van der Waals surface area contributed by atoms with Crippen molar-refractivity contribution in [2.24, 2.45) is 0 Å². The Bertz CT molecular complexity index is 823. The van der Waals surface area contributed by atoms with Crippen LogP contribution < -0.4 is 10.4 Å². The van der Waals surface area contributed by atoms with Crippen LogP contribution in [-0.2, 0) is 16.0 Å². The third-order valence-electron chi connectivity index (χ3n) is 4.72. The Labute approximate surface area is 152 Å². The van der Waals surface area contributed by atoms with Crippen LogP contribution >= 0.6 is 0 Å². The molecule has 1 aliphatic heterocycles. The molecule has 0 spiro atoms. The summed E-state index contributed by atoms with van der Waals surface area (Å²) in [5, 5.41) is 0.886. The first-order valence-corrected chi connectivity index (χ1v) is 9.12. The summed E-state index contributed by atoms with van der Waals surface area (Å²) in [7, 11) is 1.76. The van der Waals surface area contributed by atoms with Crippen LogP contribution in [-0.4, -0.2) is 43.7 Å². The molecule has 0 N–H and O–H groups in total. The molecule has 0 saturated carbocycles. The zero-order valence-corrected chi connectivity index (χ0v) is 15.3. The van der Waals surface area contributed by atoms with Crippen molar-refractivity contribution in [3.8, 4) is 5.75 Å². The van der Waals surface area contributed by atoms with Crippen LogP contribution in [0.25, 0.3) is 11.0 Å². The Morgan fingerprint density at radius 3 is 2.88 bits per heavy atom. The Hall–Kier alpha value is -2.34. The summed E-state index contributed by atoms with van der Waals surface area (Å²) < 4.78 is 16.5. The number of rotatable bonds is 6. The van der Waals surface area contributed by atoms with Crippen molar-refractivity contribution in [2.45, 2.75) is 38.7 Å². The molecule has 1 aromatic carbocycles. The van der Waals surface area contributed by atoms with Gasteiger partial charge >= 0.3 is 5.63 Å². The SMILES string of the molecule is CCc1cc(=O)oc2cc(OCC(=O)N(C)CC3CCCCO3)ccc12. The normalized spacial score (nSPS) is 17.2. The maximum Gasteiger partial charge on any atom is 0.336 e. The van der Waals surface area contributed by atoms with Crippen molar-refractivity contribution in [3.05, 3.63) is 40.2 Å². The number of amides is 1. The summed E-state index contributed by atoms with van der Waals surface area (Å²) in [5.41, 5.74) is 1.03. The average molecular weight is 359 g/mol. The first kappa shape index (κ1) is 18.5. The number of ether oxygens (including phenoxy) is 2. The molecule has 1 unspecified atom stereocenters. The molecule has 1 saturated heterocycles. The van der Waals surface area contributed by atoms with Gasteiger partial charge in [0, 0.05) is 37.7 Å². The lowest BCUT2D eigenvalue weighted by molar-refractivity contribution is -0.134. The van der Waals surface area contributed by atoms with Gasteiger partial charge in [0.2, 0.25) is 0 Å². The third-order valence-corrected chi connectivity index (χ3v) is 4.72. The summed E-state index contributed by atoms with van der Waals surface area (Å²) in [6.07, 6.45) is 4.08. The van der Waals surface area contributed by atoms with E-state index < -0.39 is 0 Å². The molecule has 26 heavy (non-hydrogen) atoms. The topological polar surface area (TPSA) is 69.0 Å². The van der Waals surface area contributed by atoms with E-state index in [1.54, 1.807) is 24.1 Å². The number of benzene rings is 1. The predicted octanol–water partition coefficient (Wildman–Crippen LogP) is 2.76. The minimum absolute atomic E-state index is 0.0631. The van der Waals surface area contributed by atoms with E-state index in [-0.39, 0.29) is 24.2 Å². The lowest BCUT2D eigenvalue weighted by Gasteiger charge is -2.27. The van der Waals surface area contributed by atoms with E-state index in [9.17, 15) is 9.59 Å². The van der Waals surface area contributed by atoms with Gasteiger partial charge in [-0.2, -0.15) is 0 Å². The molecule has 0 bridgehead atoms. The highest BCUT2D eigenvalue weighted by molar-refractivity contribution is 5.82. The van der Waals surface area contributed by atoms with Crippen LogP contribution in [0.5, 0.6) is 5.75 Å². The van der Waals surface area contributed by atoms with Gasteiger partial charge in [-0.25, -0.2) is 4.79 Å². The highest BCUT2D eigenvalue weighted by atomic mass is 16.5. The molecule has 1 aromatic heterocycles. The van der Waals surface area contributed by atoms with E-state index >= 15 is 0 Å². The molecule has 1 amide bonds. The highest BCUT2D eigenvalue weighted by Gasteiger charge is 2.19. The lowest BCUT2D eigenvalue weighted by Crippen LogP contribution is -2.39. The molecule has 1 aliphatic rings. The van der Waals surface area contributed by atoms with Gasteiger partial charge in [0.15, 0.2) is 6.61 Å². The number of hydrogen-bond donors (Lipinski definition) is 0. The zero-order chi connectivity index (χ0) is 18.5. The minimum atomic E-state index is -0.380. The first-order valence-electron chi connectivity index (χ1n) is 9.12. The van der Waals surface area contributed by atoms with Crippen molar-refractivity contribution in [3.63, 3.8) is 0 Å². The van der Waals surface area contributed by atoms with Crippen LogP contribution in [0.2, 0.25) is 0 Å². The molecule has 1 atom stereocenters. The van der Waals surface area contributed by atoms with Crippen LogP contribution in [0, 0.1) is 0 Å². The van der Waals surface area contributed by atoms with Crippen molar-refractivity contribution in [2.75, 3.05) is 26.8 Å². The van der Waals surface area contributed by atoms with Gasteiger partial charge in [0.1, 0.15) is 11.3 Å². The van der Waals surface area contributed by atoms with Crippen LogP contribution in [0.1, 0.15) is 31.7 Å². The van der Waals surface area contributed by atoms with Gasteiger partial charge in [-0.05, 0) is 43.4 Å². The maximum absolute atomic E-state index is 12.3. The van der Waals surface area contributed by atoms with E-state index in [4.69, 9.17) is 13.9 Å². The van der Waals surface area contributed by atoms with Crippen LogP contribution in [0.15, 0.2) is 33.5 Å². The van der Waals surface area contributed by atoms with Crippen molar-refractivity contribution in [1.29, 1.82) is 0 Å². The van der Waals surface area contributed by atoms with Crippen molar-refractivity contribution >= 4 is 16.9 Å². The minimum Gasteiger partial charge on any atom is -0.484 e. The van der Waals surface area contributed by atoms with E-state index in [1.165, 1.54) is 6.07 Å². The molecule has 6 heteroatoms. The number of carbonyl (C=O) groups is 1. The Morgan fingerprint density at radius 1 is 1.31 bits per heavy atom. The molecule has 0 radical (unpaired) electrons. The van der Waals surface area contributed by atoms with Gasteiger partial charge in [0.05, 0.1) is 6.10 Å². The zero-order valence-electron chi connectivity index (χ0n) is 15.3. The molecule has 2 aromatic rings. The molecule has 140 valence electrons. The summed E-state index contributed by atoms with van der Waals surface area (Å²) in [5.74, 6) is 0.396.